The van der Waals surface area contributed by atoms with Crippen molar-refractivity contribution in [1.82, 2.24) is 0 Å². The smallest absolute Gasteiger partial charge is 0.265 e. The summed E-state index contributed by atoms with van der Waals surface area (Å²) in [5.41, 5.74) is 0.546. The van der Waals surface area contributed by atoms with Crippen molar-refractivity contribution in [3.05, 3.63) is 65.2 Å². The van der Waals surface area contributed by atoms with E-state index in [1.54, 1.807) is 55.5 Å². The molecule has 2 rings (SSSR count). The highest BCUT2D eigenvalue weighted by atomic mass is 35.5. The van der Waals surface area contributed by atoms with E-state index < -0.39 is 13.2 Å². The van der Waals surface area contributed by atoms with Crippen LogP contribution in [0.15, 0.2) is 54.6 Å². The van der Waals surface area contributed by atoms with Crippen molar-refractivity contribution >= 4 is 24.3 Å². The average molecular weight is 311 g/mol. The summed E-state index contributed by atoms with van der Waals surface area (Å²) in [6.45, 7) is 1.97. The van der Waals surface area contributed by atoms with E-state index in [4.69, 9.17) is 16.1 Å². The van der Waals surface area contributed by atoms with Gasteiger partial charge in [0.15, 0.2) is 5.85 Å². The first kappa shape index (κ1) is 15.3. The first-order chi connectivity index (χ1) is 9.59. The molecule has 0 saturated heterocycles. The summed E-state index contributed by atoms with van der Waals surface area (Å²) in [6, 6.07) is 15.6. The number of halogens is 1. The van der Waals surface area contributed by atoms with Crippen LogP contribution in [0.2, 0.25) is 5.02 Å². The second kappa shape index (κ2) is 6.55. The Kier molecular flexibility index (Phi) is 5.00. The van der Waals surface area contributed by atoms with Crippen LogP contribution in [0.1, 0.15) is 18.3 Å². The molecule has 5 heteroatoms. The first-order valence-corrected chi connectivity index (χ1v) is 8.39. The molecule has 0 aliphatic rings. The van der Waals surface area contributed by atoms with Crippen LogP contribution in [0.4, 0.5) is 0 Å². The van der Waals surface area contributed by atoms with Gasteiger partial charge >= 0.3 is 0 Å². The minimum Gasteiger partial charge on any atom is -0.378 e. The van der Waals surface area contributed by atoms with Gasteiger partial charge in [-0.3, -0.25) is 4.57 Å². The molecule has 0 bridgehead atoms. The Morgan fingerprint density at radius 2 is 1.75 bits per heavy atom. The van der Waals surface area contributed by atoms with Gasteiger partial charge in [-0.2, -0.15) is 0 Å². The normalized spacial score (nSPS) is 15.6. The Bertz CT molecular complexity index is 616. The molecule has 0 aliphatic carbocycles. The van der Waals surface area contributed by atoms with Gasteiger partial charge in [0.25, 0.3) is 7.37 Å². The van der Waals surface area contributed by atoms with E-state index in [1.165, 1.54) is 0 Å². The number of hydrogen-bond acceptors (Lipinski definition) is 3. The van der Waals surface area contributed by atoms with Gasteiger partial charge in [0.1, 0.15) is 0 Å². The fraction of sp³-hybridized carbons (Fsp3) is 0.200. The van der Waals surface area contributed by atoms with Crippen molar-refractivity contribution in [2.75, 3.05) is 6.61 Å². The van der Waals surface area contributed by atoms with E-state index in [2.05, 4.69) is 0 Å². The van der Waals surface area contributed by atoms with Gasteiger partial charge in [-0.15, -0.1) is 0 Å². The van der Waals surface area contributed by atoms with Crippen LogP contribution in [0.3, 0.4) is 0 Å². The van der Waals surface area contributed by atoms with E-state index in [9.17, 15) is 9.67 Å². The summed E-state index contributed by atoms with van der Waals surface area (Å²) >= 11 is 6.11. The number of rotatable bonds is 5. The zero-order valence-electron chi connectivity index (χ0n) is 11.1. The predicted molar refractivity (Wildman–Crippen MR) is 81.7 cm³/mol. The molecule has 0 unspecified atom stereocenters. The SMILES string of the molecule is CCO[P@@](=O)(c1ccccc1Cl)[C@H](O)c1ccccc1. The molecular formula is C15H16ClO3P. The van der Waals surface area contributed by atoms with Gasteiger partial charge in [-0.1, -0.05) is 54.1 Å². The molecule has 1 N–H and O–H groups in total. The van der Waals surface area contributed by atoms with Crippen LogP contribution >= 0.6 is 19.0 Å². The van der Waals surface area contributed by atoms with Gasteiger partial charge in [0.05, 0.1) is 16.9 Å². The van der Waals surface area contributed by atoms with E-state index in [0.717, 1.165) is 0 Å². The summed E-state index contributed by atoms with van der Waals surface area (Å²) in [6.07, 6.45) is 0. The molecule has 2 atom stereocenters. The van der Waals surface area contributed by atoms with Crippen molar-refractivity contribution in [3.8, 4) is 0 Å². The Morgan fingerprint density at radius 1 is 1.15 bits per heavy atom. The minimum absolute atomic E-state index is 0.229. The van der Waals surface area contributed by atoms with Crippen LogP contribution < -0.4 is 5.30 Å². The Labute approximate surface area is 123 Å². The van der Waals surface area contributed by atoms with Crippen molar-refractivity contribution < 1.29 is 14.2 Å². The van der Waals surface area contributed by atoms with Crippen molar-refractivity contribution in [1.29, 1.82) is 0 Å². The molecule has 0 aromatic heterocycles. The zero-order valence-corrected chi connectivity index (χ0v) is 12.7. The van der Waals surface area contributed by atoms with Crippen LogP contribution in [0.5, 0.6) is 0 Å². The van der Waals surface area contributed by atoms with E-state index in [0.29, 0.717) is 15.9 Å². The quantitative estimate of drug-likeness (QED) is 0.850. The van der Waals surface area contributed by atoms with Crippen LogP contribution in [-0.2, 0) is 9.09 Å². The standard InChI is InChI=1S/C15H16ClO3P/c1-2-19-20(18,14-11-7-6-10-13(14)16)15(17)12-8-4-3-5-9-12/h3-11,15,17H,2H2,1H3/t15-,20-/m0/s1. The molecule has 0 aliphatic heterocycles. The second-order valence-electron chi connectivity index (χ2n) is 4.25. The number of benzene rings is 2. The third kappa shape index (κ3) is 2.97. The number of aliphatic hydroxyl groups excluding tert-OH is 1. The lowest BCUT2D eigenvalue weighted by Crippen LogP contribution is -2.15. The van der Waals surface area contributed by atoms with Gasteiger partial charge in [0, 0.05) is 0 Å². The van der Waals surface area contributed by atoms with E-state index >= 15 is 0 Å². The molecule has 0 spiro atoms. The lowest BCUT2D eigenvalue weighted by atomic mass is 10.2. The van der Waals surface area contributed by atoms with E-state index in [1.807, 2.05) is 6.07 Å². The largest absolute Gasteiger partial charge is 0.378 e. The first-order valence-electron chi connectivity index (χ1n) is 6.32. The molecule has 0 heterocycles. The van der Waals surface area contributed by atoms with E-state index in [-0.39, 0.29) is 6.61 Å². The molecule has 2 aromatic rings. The molecule has 3 nitrogen and oxygen atoms in total. The third-order valence-corrected chi connectivity index (χ3v) is 6.04. The maximum atomic E-state index is 13.2. The maximum Gasteiger partial charge on any atom is 0.265 e. The third-order valence-electron chi connectivity index (χ3n) is 2.93. The van der Waals surface area contributed by atoms with Gasteiger partial charge in [-0.05, 0) is 24.6 Å². The highest BCUT2D eigenvalue weighted by Crippen LogP contribution is 2.58. The lowest BCUT2D eigenvalue weighted by Gasteiger charge is -2.24. The zero-order chi connectivity index (χ0) is 14.6. The fourth-order valence-corrected chi connectivity index (χ4v) is 4.64. The summed E-state index contributed by atoms with van der Waals surface area (Å²) in [7, 11) is -3.50. The van der Waals surface area contributed by atoms with Crippen molar-refractivity contribution in [2.45, 2.75) is 12.8 Å². The molecule has 0 radical (unpaired) electrons. The molecule has 20 heavy (non-hydrogen) atoms. The van der Waals surface area contributed by atoms with Crippen LogP contribution in [0, 0.1) is 0 Å². The molecule has 0 amide bonds. The number of aliphatic hydroxyl groups is 1. The van der Waals surface area contributed by atoms with Crippen LogP contribution in [0.25, 0.3) is 0 Å². The second-order valence-corrected chi connectivity index (χ2v) is 7.08. The fourth-order valence-electron chi connectivity index (χ4n) is 1.99. The summed E-state index contributed by atoms with van der Waals surface area (Å²) in [4.78, 5) is 0. The Hall–Kier alpha value is -1.12. The monoisotopic (exact) mass is 310 g/mol. The minimum atomic E-state index is -3.50. The Morgan fingerprint density at radius 3 is 2.35 bits per heavy atom. The van der Waals surface area contributed by atoms with Gasteiger partial charge in [-0.25, -0.2) is 0 Å². The molecule has 2 aromatic carbocycles. The summed E-state index contributed by atoms with van der Waals surface area (Å²) in [5.74, 6) is -1.23. The molecular weight excluding hydrogens is 295 g/mol. The number of hydrogen-bond donors (Lipinski definition) is 1. The van der Waals surface area contributed by atoms with Crippen molar-refractivity contribution in [2.24, 2.45) is 0 Å². The predicted octanol–water partition coefficient (Wildman–Crippen LogP) is 3.97. The summed E-state index contributed by atoms with van der Waals surface area (Å²) in [5, 5.41) is 11.2. The van der Waals surface area contributed by atoms with Crippen molar-refractivity contribution in [3.63, 3.8) is 0 Å². The molecule has 0 saturated carbocycles. The van der Waals surface area contributed by atoms with Gasteiger partial charge in [0.2, 0.25) is 0 Å². The van der Waals surface area contributed by atoms with Gasteiger partial charge < -0.3 is 9.63 Å². The Balaban J connectivity index is 2.50. The summed E-state index contributed by atoms with van der Waals surface area (Å²) < 4.78 is 18.6. The average Bonchev–Trinajstić information content (AvgIpc) is 2.48. The lowest BCUT2D eigenvalue weighted by molar-refractivity contribution is 0.218. The highest BCUT2D eigenvalue weighted by molar-refractivity contribution is 7.67. The maximum absolute atomic E-state index is 13.2. The molecule has 0 fully saturated rings. The molecule has 106 valence electrons. The highest BCUT2D eigenvalue weighted by Gasteiger charge is 2.37. The topological polar surface area (TPSA) is 46.5 Å². The van der Waals surface area contributed by atoms with Crippen LogP contribution in [-0.4, -0.2) is 11.7 Å².